The molecule has 5 aromatic rings. The molecule has 0 radical (unpaired) electrons. The molecule has 0 N–H and O–H groups in total. The lowest BCUT2D eigenvalue weighted by Gasteiger charge is -2.23. The zero-order chi connectivity index (χ0) is 21.7. The number of carbonyl (C=O) groups excluding carboxylic acids is 1. The largest absolute Gasteiger partial charge is 0.305 e. The molecular weight excluding hydrogens is 434 g/mol. The first-order chi connectivity index (χ1) is 15.7. The summed E-state index contributed by atoms with van der Waals surface area (Å²) in [5, 5.41) is 4.10. The zero-order valence-electron chi connectivity index (χ0n) is 17.4. The van der Waals surface area contributed by atoms with E-state index in [1.54, 1.807) is 22.7 Å². The number of hydrogen-bond acceptors (Lipinski definition) is 5. The minimum atomic E-state index is 0.00570. The van der Waals surface area contributed by atoms with Crippen molar-refractivity contribution < 1.29 is 4.79 Å². The van der Waals surface area contributed by atoms with Gasteiger partial charge < -0.3 is 4.90 Å². The van der Waals surface area contributed by atoms with Crippen molar-refractivity contribution in [1.82, 2.24) is 9.97 Å². The third kappa shape index (κ3) is 3.15. The second-order valence-corrected chi connectivity index (χ2v) is 9.83. The Morgan fingerprint density at radius 1 is 0.875 bits per heavy atom. The van der Waals surface area contributed by atoms with Gasteiger partial charge in [0.25, 0.3) is 5.91 Å². The van der Waals surface area contributed by atoms with Crippen molar-refractivity contribution in [3.05, 3.63) is 88.6 Å². The molecule has 0 fully saturated rings. The molecular formula is C26H19N3OS2. The second-order valence-electron chi connectivity index (χ2n) is 7.94. The van der Waals surface area contributed by atoms with Crippen LogP contribution in [0.2, 0.25) is 0 Å². The molecule has 32 heavy (non-hydrogen) atoms. The van der Waals surface area contributed by atoms with Crippen molar-refractivity contribution in [2.75, 3.05) is 4.90 Å². The third-order valence-corrected chi connectivity index (χ3v) is 7.60. The number of hydrogen-bond donors (Lipinski definition) is 0. The van der Waals surface area contributed by atoms with E-state index in [0.29, 0.717) is 5.56 Å². The van der Waals surface area contributed by atoms with Gasteiger partial charge in [0.15, 0.2) is 0 Å². The van der Waals surface area contributed by atoms with Gasteiger partial charge in [0, 0.05) is 17.3 Å². The number of aromatic nitrogens is 2. The third-order valence-electron chi connectivity index (χ3n) is 5.85. The molecule has 6 heteroatoms. The fraction of sp³-hybridized carbons (Fsp3) is 0.115. The molecule has 4 heterocycles. The van der Waals surface area contributed by atoms with Crippen LogP contribution in [0.15, 0.2) is 77.5 Å². The summed E-state index contributed by atoms with van der Waals surface area (Å²) in [6.07, 6.45) is 0.877. The molecule has 2 aromatic carbocycles. The zero-order valence-corrected chi connectivity index (χ0v) is 19.0. The quantitative estimate of drug-likeness (QED) is 0.306. The Morgan fingerprint density at radius 3 is 2.25 bits per heavy atom. The molecule has 1 aliphatic heterocycles. The van der Waals surface area contributed by atoms with Crippen LogP contribution in [0.5, 0.6) is 0 Å². The smallest absolute Gasteiger partial charge is 0.258 e. The Balaban J connectivity index is 1.47. The first-order valence-electron chi connectivity index (χ1n) is 10.5. The summed E-state index contributed by atoms with van der Waals surface area (Å²) in [5.74, 6) is 0.00570. The van der Waals surface area contributed by atoms with Gasteiger partial charge in [0.05, 0.1) is 20.8 Å². The molecule has 0 spiro atoms. The maximum atomic E-state index is 13.5. The first-order valence-corrected chi connectivity index (χ1v) is 12.3. The molecule has 0 saturated carbocycles. The Kier molecular flexibility index (Phi) is 4.63. The number of fused-ring (bicyclic) bond motifs is 2. The van der Waals surface area contributed by atoms with E-state index in [1.807, 2.05) is 58.8 Å². The van der Waals surface area contributed by atoms with E-state index in [-0.39, 0.29) is 11.9 Å². The lowest BCUT2D eigenvalue weighted by Crippen LogP contribution is -2.35. The number of thiophene rings is 2. The van der Waals surface area contributed by atoms with Gasteiger partial charge >= 0.3 is 0 Å². The second kappa shape index (κ2) is 7.65. The lowest BCUT2D eigenvalue weighted by molar-refractivity contribution is 0.0981. The summed E-state index contributed by atoms with van der Waals surface area (Å²) < 4.78 is 0. The van der Waals surface area contributed by atoms with E-state index in [9.17, 15) is 4.79 Å². The fourth-order valence-corrected chi connectivity index (χ4v) is 5.80. The normalized spacial score (nSPS) is 15.3. The highest BCUT2D eigenvalue weighted by Gasteiger charge is 2.31. The van der Waals surface area contributed by atoms with Gasteiger partial charge in [-0.1, -0.05) is 30.3 Å². The minimum Gasteiger partial charge on any atom is -0.305 e. The molecule has 0 aliphatic carbocycles. The number of anilines is 1. The van der Waals surface area contributed by atoms with Crippen molar-refractivity contribution in [3.8, 4) is 21.1 Å². The predicted molar refractivity (Wildman–Crippen MR) is 133 cm³/mol. The predicted octanol–water partition coefficient (Wildman–Crippen LogP) is 6.68. The summed E-state index contributed by atoms with van der Waals surface area (Å²) >= 11 is 3.30. The number of amides is 1. The standard InChI is InChI=1S/C26H19N3OS2/c1-16-14-17-6-2-3-7-21(17)29(16)26(30)18-10-11-19-20(15-18)28-25(23-9-5-13-32-23)24(27-19)22-8-4-12-31-22/h2-13,15-16H,14H2,1H3/t16-/m0/s1. The Hall–Kier alpha value is -3.35. The van der Waals surface area contributed by atoms with Crippen LogP contribution in [0.4, 0.5) is 5.69 Å². The molecule has 6 rings (SSSR count). The summed E-state index contributed by atoms with van der Waals surface area (Å²) in [4.78, 5) is 27.5. The highest BCUT2D eigenvalue weighted by molar-refractivity contribution is 7.14. The van der Waals surface area contributed by atoms with Gasteiger partial charge in [-0.15, -0.1) is 22.7 Å². The molecule has 156 valence electrons. The van der Waals surface area contributed by atoms with Crippen LogP contribution in [-0.2, 0) is 6.42 Å². The molecule has 1 aliphatic rings. The van der Waals surface area contributed by atoms with Crippen LogP contribution in [0.3, 0.4) is 0 Å². The number of nitrogens with zero attached hydrogens (tertiary/aromatic N) is 3. The number of carbonyl (C=O) groups is 1. The maximum absolute atomic E-state index is 13.5. The van der Waals surface area contributed by atoms with Crippen molar-refractivity contribution in [2.24, 2.45) is 0 Å². The van der Waals surface area contributed by atoms with Crippen molar-refractivity contribution in [1.29, 1.82) is 0 Å². The first kappa shape index (κ1) is 19.3. The molecule has 1 atom stereocenters. The topological polar surface area (TPSA) is 46.1 Å². The molecule has 3 aromatic heterocycles. The van der Waals surface area contributed by atoms with E-state index in [0.717, 1.165) is 44.3 Å². The fourth-order valence-electron chi connectivity index (χ4n) is 4.37. The van der Waals surface area contributed by atoms with Crippen LogP contribution in [0.25, 0.3) is 32.2 Å². The number of rotatable bonds is 3. The van der Waals surface area contributed by atoms with E-state index in [1.165, 1.54) is 5.56 Å². The number of benzene rings is 2. The van der Waals surface area contributed by atoms with Crippen molar-refractivity contribution in [3.63, 3.8) is 0 Å². The highest BCUT2D eigenvalue weighted by Crippen LogP contribution is 2.36. The SMILES string of the molecule is C[C@H]1Cc2ccccc2N1C(=O)c1ccc2nc(-c3cccs3)c(-c3cccs3)nc2c1. The van der Waals surface area contributed by atoms with Gasteiger partial charge in [-0.05, 0) is 66.1 Å². The monoisotopic (exact) mass is 453 g/mol. The number of para-hydroxylation sites is 1. The van der Waals surface area contributed by atoms with Crippen LogP contribution in [0.1, 0.15) is 22.8 Å². The van der Waals surface area contributed by atoms with Gasteiger partial charge in [-0.25, -0.2) is 9.97 Å². The van der Waals surface area contributed by atoms with E-state index in [2.05, 4.69) is 30.5 Å². The summed E-state index contributed by atoms with van der Waals surface area (Å²) in [7, 11) is 0. The molecule has 0 bridgehead atoms. The molecule has 1 amide bonds. The average molecular weight is 454 g/mol. The summed E-state index contributed by atoms with van der Waals surface area (Å²) in [5.41, 5.74) is 6.13. The summed E-state index contributed by atoms with van der Waals surface area (Å²) in [6.45, 7) is 2.10. The van der Waals surface area contributed by atoms with Crippen LogP contribution >= 0.6 is 22.7 Å². The van der Waals surface area contributed by atoms with Gasteiger partial charge in [-0.3, -0.25) is 4.79 Å². The Bertz CT molecular complexity index is 1440. The van der Waals surface area contributed by atoms with E-state index in [4.69, 9.17) is 9.97 Å². The highest BCUT2D eigenvalue weighted by atomic mass is 32.1. The minimum absolute atomic E-state index is 0.00570. The van der Waals surface area contributed by atoms with Crippen LogP contribution in [0, 0.1) is 0 Å². The Morgan fingerprint density at radius 2 is 1.56 bits per heavy atom. The Labute approximate surface area is 193 Å². The van der Waals surface area contributed by atoms with Crippen LogP contribution < -0.4 is 4.90 Å². The maximum Gasteiger partial charge on any atom is 0.258 e. The van der Waals surface area contributed by atoms with E-state index < -0.39 is 0 Å². The lowest BCUT2D eigenvalue weighted by atomic mass is 10.1. The van der Waals surface area contributed by atoms with Gasteiger partial charge in [0.2, 0.25) is 0 Å². The van der Waals surface area contributed by atoms with Crippen LogP contribution in [-0.4, -0.2) is 21.9 Å². The van der Waals surface area contributed by atoms with Gasteiger partial charge in [-0.2, -0.15) is 0 Å². The van der Waals surface area contributed by atoms with E-state index >= 15 is 0 Å². The van der Waals surface area contributed by atoms with Gasteiger partial charge in [0.1, 0.15) is 11.4 Å². The van der Waals surface area contributed by atoms with Crippen molar-refractivity contribution in [2.45, 2.75) is 19.4 Å². The molecule has 0 saturated heterocycles. The molecule has 4 nitrogen and oxygen atoms in total. The van der Waals surface area contributed by atoms with Crippen molar-refractivity contribution >= 4 is 45.3 Å². The summed E-state index contributed by atoms with van der Waals surface area (Å²) in [6, 6.07) is 22.1. The average Bonchev–Trinajstić information content (AvgIpc) is 3.58. The molecule has 0 unspecified atom stereocenters.